The van der Waals surface area contributed by atoms with Crippen LogP contribution in [0.4, 0.5) is 5.69 Å². The second-order valence-electron chi connectivity index (χ2n) is 6.23. The predicted octanol–water partition coefficient (Wildman–Crippen LogP) is 2.94. The molecule has 136 valence electrons. The Morgan fingerprint density at radius 1 is 1.20 bits per heavy atom. The average Bonchev–Trinajstić information content (AvgIpc) is 2.61. The number of carbonyl (C=O) groups excluding carboxylic acids is 3. The van der Waals surface area contributed by atoms with Crippen LogP contribution < -0.4 is 10.6 Å². The summed E-state index contributed by atoms with van der Waals surface area (Å²) >= 11 is 3.39. The number of aryl methyl sites for hydroxylation is 1. The zero-order chi connectivity index (χ0) is 18.2. The van der Waals surface area contributed by atoms with Crippen molar-refractivity contribution >= 4 is 39.4 Å². The quantitative estimate of drug-likeness (QED) is 0.705. The Morgan fingerprint density at radius 3 is 2.60 bits per heavy atom. The molecular weight excluding hydrogens is 388 g/mol. The van der Waals surface area contributed by atoms with E-state index in [0.29, 0.717) is 5.69 Å². The summed E-state index contributed by atoms with van der Waals surface area (Å²) in [5.41, 5.74) is 1.62. The Hall–Kier alpha value is -1.89. The van der Waals surface area contributed by atoms with Crippen molar-refractivity contribution < 1.29 is 19.1 Å². The zero-order valence-corrected chi connectivity index (χ0v) is 15.9. The molecule has 0 aliphatic heterocycles. The smallest absolute Gasteiger partial charge is 0.325 e. The molecule has 25 heavy (non-hydrogen) atoms. The number of nitrogens with one attached hydrogen (secondary N) is 2. The molecule has 2 amide bonds. The second-order valence-corrected chi connectivity index (χ2v) is 7.08. The lowest BCUT2D eigenvalue weighted by molar-refractivity contribution is -0.147. The SMILES string of the molecule is Cc1cc(NC(=O)COC(=O)CNC(=O)C2CCCCC2)ccc1Br. The van der Waals surface area contributed by atoms with E-state index in [0.717, 1.165) is 35.7 Å². The van der Waals surface area contributed by atoms with Crippen LogP contribution >= 0.6 is 15.9 Å². The molecule has 7 heteroatoms. The fourth-order valence-electron chi connectivity index (χ4n) is 2.78. The Kier molecular flexibility index (Phi) is 7.43. The minimum Gasteiger partial charge on any atom is -0.454 e. The first-order valence-corrected chi connectivity index (χ1v) is 9.24. The molecule has 0 aromatic heterocycles. The largest absolute Gasteiger partial charge is 0.454 e. The molecule has 2 rings (SSSR count). The third-order valence-corrected chi connectivity index (χ3v) is 5.08. The molecule has 0 saturated heterocycles. The molecule has 1 aromatic rings. The van der Waals surface area contributed by atoms with E-state index in [-0.39, 0.29) is 25.0 Å². The molecule has 0 heterocycles. The average molecular weight is 411 g/mol. The molecule has 1 aromatic carbocycles. The summed E-state index contributed by atoms with van der Waals surface area (Å²) < 4.78 is 5.84. The molecular formula is C18H23BrN2O4. The van der Waals surface area contributed by atoms with E-state index in [1.54, 1.807) is 6.07 Å². The summed E-state index contributed by atoms with van der Waals surface area (Å²) in [4.78, 5) is 35.4. The predicted molar refractivity (Wildman–Crippen MR) is 98.1 cm³/mol. The molecule has 0 atom stereocenters. The Balaban J connectivity index is 1.67. The summed E-state index contributed by atoms with van der Waals surface area (Å²) in [5.74, 6) is -1.16. The van der Waals surface area contributed by atoms with Crippen LogP contribution in [0.25, 0.3) is 0 Å². The highest BCUT2D eigenvalue weighted by molar-refractivity contribution is 9.10. The third-order valence-electron chi connectivity index (χ3n) is 4.19. The molecule has 6 nitrogen and oxygen atoms in total. The van der Waals surface area contributed by atoms with Gasteiger partial charge in [0, 0.05) is 16.1 Å². The fraction of sp³-hybridized carbons (Fsp3) is 0.500. The maximum Gasteiger partial charge on any atom is 0.325 e. The lowest BCUT2D eigenvalue weighted by Crippen LogP contribution is -2.36. The van der Waals surface area contributed by atoms with Gasteiger partial charge in [0.1, 0.15) is 6.54 Å². The van der Waals surface area contributed by atoms with Crippen LogP contribution in [-0.4, -0.2) is 30.9 Å². The molecule has 1 saturated carbocycles. The van der Waals surface area contributed by atoms with Gasteiger partial charge in [0.05, 0.1) is 0 Å². The number of amides is 2. The van der Waals surface area contributed by atoms with Crippen molar-refractivity contribution in [2.45, 2.75) is 39.0 Å². The molecule has 1 aliphatic carbocycles. The third kappa shape index (κ3) is 6.49. The number of esters is 1. The summed E-state index contributed by atoms with van der Waals surface area (Å²) in [6.07, 6.45) is 5.01. The van der Waals surface area contributed by atoms with Gasteiger partial charge in [-0.1, -0.05) is 35.2 Å². The van der Waals surface area contributed by atoms with Crippen LogP contribution in [0.15, 0.2) is 22.7 Å². The van der Waals surface area contributed by atoms with Crippen molar-refractivity contribution in [2.24, 2.45) is 5.92 Å². The van der Waals surface area contributed by atoms with Gasteiger partial charge in [-0.2, -0.15) is 0 Å². The molecule has 0 bridgehead atoms. The van der Waals surface area contributed by atoms with E-state index in [4.69, 9.17) is 4.74 Å². The van der Waals surface area contributed by atoms with Crippen LogP contribution in [0.5, 0.6) is 0 Å². The van der Waals surface area contributed by atoms with E-state index in [9.17, 15) is 14.4 Å². The monoisotopic (exact) mass is 410 g/mol. The number of ether oxygens (including phenoxy) is 1. The highest BCUT2D eigenvalue weighted by atomic mass is 79.9. The first kappa shape index (κ1) is 19.4. The van der Waals surface area contributed by atoms with Crippen molar-refractivity contribution in [3.05, 3.63) is 28.2 Å². The lowest BCUT2D eigenvalue weighted by Gasteiger charge is -2.20. The number of carbonyl (C=O) groups is 3. The van der Waals surface area contributed by atoms with Crippen LogP contribution in [0.1, 0.15) is 37.7 Å². The van der Waals surface area contributed by atoms with Gasteiger partial charge in [0.15, 0.2) is 6.61 Å². The first-order chi connectivity index (χ1) is 12.0. The van der Waals surface area contributed by atoms with Gasteiger partial charge in [0.2, 0.25) is 5.91 Å². The van der Waals surface area contributed by atoms with Crippen molar-refractivity contribution in [2.75, 3.05) is 18.5 Å². The summed E-state index contributed by atoms with van der Waals surface area (Å²) in [6, 6.07) is 5.40. The summed E-state index contributed by atoms with van der Waals surface area (Å²) in [7, 11) is 0. The normalized spacial score (nSPS) is 14.6. The Bertz CT molecular complexity index is 642. The number of anilines is 1. The number of rotatable bonds is 6. The van der Waals surface area contributed by atoms with Gasteiger partial charge in [0.25, 0.3) is 5.91 Å². The van der Waals surface area contributed by atoms with Crippen LogP contribution in [0.3, 0.4) is 0 Å². The number of hydrogen-bond acceptors (Lipinski definition) is 4. The minimum atomic E-state index is -0.619. The zero-order valence-electron chi connectivity index (χ0n) is 14.3. The number of halogens is 1. The van der Waals surface area contributed by atoms with Crippen molar-refractivity contribution in [1.82, 2.24) is 5.32 Å². The molecule has 0 unspecified atom stereocenters. The molecule has 1 fully saturated rings. The van der Waals surface area contributed by atoms with Gasteiger partial charge in [-0.25, -0.2) is 0 Å². The van der Waals surface area contributed by atoms with E-state index < -0.39 is 11.9 Å². The first-order valence-electron chi connectivity index (χ1n) is 8.45. The molecule has 1 aliphatic rings. The van der Waals surface area contributed by atoms with E-state index in [2.05, 4.69) is 26.6 Å². The van der Waals surface area contributed by atoms with E-state index in [1.165, 1.54) is 6.42 Å². The minimum absolute atomic E-state index is 0.00880. The van der Waals surface area contributed by atoms with Crippen LogP contribution in [0.2, 0.25) is 0 Å². The number of hydrogen-bond donors (Lipinski definition) is 2. The Morgan fingerprint density at radius 2 is 1.92 bits per heavy atom. The van der Waals surface area contributed by atoms with Crippen LogP contribution in [0, 0.1) is 12.8 Å². The van der Waals surface area contributed by atoms with Gasteiger partial charge in [-0.3, -0.25) is 14.4 Å². The van der Waals surface area contributed by atoms with Gasteiger partial charge in [-0.05, 0) is 43.5 Å². The lowest BCUT2D eigenvalue weighted by atomic mass is 9.89. The van der Waals surface area contributed by atoms with Crippen molar-refractivity contribution in [3.8, 4) is 0 Å². The van der Waals surface area contributed by atoms with Crippen molar-refractivity contribution in [1.29, 1.82) is 0 Å². The van der Waals surface area contributed by atoms with Gasteiger partial charge < -0.3 is 15.4 Å². The topological polar surface area (TPSA) is 84.5 Å². The van der Waals surface area contributed by atoms with E-state index >= 15 is 0 Å². The second kappa shape index (κ2) is 9.56. The molecule has 0 radical (unpaired) electrons. The Labute approximate surface area is 155 Å². The van der Waals surface area contributed by atoms with E-state index in [1.807, 2.05) is 19.1 Å². The van der Waals surface area contributed by atoms with Gasteiger partial charge in [-0.15, -0.1) is 0 Å². The molecule has 2 N–H and O–H groups in total. The summed E-state index contributed by atoms with van der Waals surface area (Å²) in [5, 5.41) is 5.25. The van der Waals surface area contributed by atoms with Gasteiger partial charge >= 0.3 is 5.97 Å². The standard InChI is InChI=1S/C18H23BrN2O4/c1-12-9-14(7-8-15(12)19)21-16(22)11-25-17(23)10-20-18(24)13-5-3-2-4-6-13/h7-9,13H,2-6,10-11H2,1H3,(H,20,24)(H,21,22). The maximum atomic E-state index is 11.9. The summed E-state index contributed by atoms with van der Waals surface area (Å²) in [6.45, 7) is 1.32. The number of benzene rings is 1. The van der Waals surface area contributed by atoms with Crippen molar-refractivity contribution in [3.63, 3.8) is 0 Å². The highest BCUT2D eigenvalue weighted by Gasteiger charge is 2.21. The van der Waals surface area contributed by atoms with Crippen LogP contribution in [-0.2, 0) is 19.1 Å². The fourth-order valence-corrected chi connectivity index (χ4v) is 3.03. The highest BCUT2D eigenvalue weighted by Crippen LogP contribution is 2.23. The maximum absolute atomic E-state index is 11.9. The molecule has 0 spiro atoms.